The first-order chi connectivity index (χ1) is 8.67. The summed E-state index contributed by atoms with van der Waals surface area (Å²) in [4.78, 5) is 15.1. The topological polar surface area (TPSA) is 55.6 Å². The van der Waals surface area contributed by atoms with E-state index in [1.165, 1.54) is 11.3 Å². The highest BCUT2D eigenvalue weighted by Crippen LogP contribution is 2.29. The number of piperidine rings is 1. The molecule has 0 saturated carbocycles. The molecule has 2 heterocycles. The fourth-order valence-corrected chi connectivity index (χ4v) is 3.30. The van der Waals surface area contributed by atoms with E-state index in [0.29, 0.717) is 23.1 Å². The van der Waals surface area contributed by atoms with Crippen molar-refractivity contribution in [3.05, 3.63) is 16.3 Å². The molecule has 2 unspecified atom stereocenters. The Morgan fingerprint density at radius 2 is 2.44 bits per heavy atom. The van der Waals surface area contributed by atoms with Crippen LogP contribution in [-0.2, 0) is 0 Å². The number of hydrogen-bond donors (Lipinski definition) is 1. The van der Waals surface area contributed by atoms with Gasteiger partial charge in [-0.1, -0.05) is 6.92 Å². The Kier molecular flexibility index (Phi) is 4.24. The van der Waals surface area contributed by atoms with Crippen molar-refractivity contribution in [2.24, 2.45) is 11.7 Å². The fourth-order valence-electron chi connectivity index (χ4n) is 2.49. The molecule has 0 radical (unpaired) electrons. The van der Waals surface area contributed by atoms with E-state index in [1.54, 1.807) is 7.11 Å². The van der Waals surface area contributed by atoms with E-state index >= 15 is 0 Å². The molecular weight excluding hydrogens is 248 g/mol. The number of ether oxygens (including phenoxy) is 1. The van der Waals surface area contributed by atoms with Gasteiger partial charge < -0.3 is 15.4 Å². The van der Waals surface area contributed by atoms with Gasteiger partial charge in [-0.15, -0.1) is 11.3 Å². The molecule has 2 N–H and O–H groups in total. The molecule has 100 valence electrons. The van der Waals surface area contributed by atoms with Gasteiger partial charge in [0.05, 0.1) is 7.11 Å². The Balaban J connectivity index is 2.17. The molecule has 0 aliphatic carbocycles. The van der Waals surface area contributed by atoms with Crippen LogP contribution in [0.1, 0.15) is 29.4 Å². The Morgan fingerprint density at radius 3 is 3.11 bits per heavy atom. The first kappa shape index (κ1) is 13.4. The zero-order chi connectivity index (χ0) is 13.1. The molecule has 1 fully saturated rings. The summed E-state index contributed by atoms with van der Waals surface area (Å²) in [7, 11) is 1.59. The van der Waals surface area contributed by atoms with Crippen LogP contribution in [0.5, 0.6) is 5.75 Å². The molecule has 18 heavy (non-hydrogen) atoms. The predicted molar refractivity (Wildman–Crippen MR) is 73.1 cm³/mol. The zero-order valence-corrected chi connectivity index (χ0v) is 11.7. The van der Waals surface area contributed by atoms with E-state index in [0.717, 1.165) is 19.4 Å². The monoisotopic (exact) mass is 268 g/mol. The van der Waals surface area contributed by atoms with Crippen molar-refractivity contribution in [3.8, 4) is 5.75 Å². The number of carbonyl (C=O) groups excluding carboxylic acids is 1. The van der Waals surface area contributed by atoms with E-state index in [9.17, 15) is 4.79 Å². The van der Waals surface area contributed by atoms with Gasteiger partial charge >= 0.3 is 0 Å². The molecule has 1 saturated heterocycles. The van der Waals surface area contributed by atoms with Gasteiger partial charge in [-0.25, -0.2) is 0 Å². The molecule has 1 amide bonds. The lowest BCUT2D eigenvalue weighted by Gasteiger charge is -2.37. The third-order valence-corrected chi connectivity index (χ3v) is 4.44. The Bertz CT molecular complexity index is 419. The van der Waals surface area contributed by atoms with Crippen molar-refractivity contribution in [2.45, 2.75) is 25.8 Å². The number of nitrogens with zero attached hydrogens (tertiary/aromatic N) is 1. The highest BCUT2D eigenvalue weighted by Gasteiger charge is 2.31. The molecule has 2 atom stereocenters. The van der Waals surface area contributed by atoms with Crippen LogP contribution in [0.25, 0.3) is 0 Å². The number of carbonyl (C=O) groups is 1. The van der Waals surface area contributed by atoms with Crippen molar-refractivity contribution in [1.82, 2.24) is 4.90 Å². The lowest BCUT2D eigenvalue weighted by molar-refractivity contribution is 0.0576. The summed E-state index contributed by atoms with van der Waals surface area (Å²) in [6, 6.07) is 2.00. The van der Waals surface area contributed by atoms with Gasteiger partial charge in [0.15, 0.2) is 0 Å². The standard InChI is InChI=1S/C13H20N2O2S/c1-9-3-5-15(10(7-9)8-14)13(16)12-11(17-2)4-6-18-12/h4,6,9-10H,3,5,7-8,14H2,1-2H3. The number of amides is 1. The molecule has 5 heteroatoms. The van der Waals surface area contributed by atoms with Crippen LogP contribution in [0.2, 0.25) is 0 Å². The molecule has 4 nitrogen and oxygen atoms in total. The lowest BCUT2D eigenvalue weighted by Crippen LogP contribution is -2.49. The quantitative estimate of drug-likeness (QED) is 0.911. The van der Waals surface area contributed by atoms with Crippen LogP contribution in [-0.4, -0.2) is 37.0 Å². The van der Waals surface area contributed by atoms with Crippen LogP contribution < -0.4 is 10.5 Å². The van der Waals surface area contributed by atoms with Gasteiger partial charge in [-0.2, -0.15) is 0 Å². The highest BCUT2D eigenvalue weighted by molar-refractivity contribution is 7.12. The normalized spacial score (nSPS) is 24.1. The molecule has 1 aliphatic rings. The SMILES string of the molecule is COc1ccsc1C(=O)N1CCC(C)CC1CN. The summed E-state index contributed by atoms with van der Waals surface area (Å²) in [6.45, 7) is 3.54. The summed E-state index contributed by atoms with van der Waals surface area (Å²) in [6.07, 6.45) is 2.05. The highest BCUT2D eigenvalue weighted by atomic mass is 32.1. The first-order valence-electron chi connectivity index (χ1n) is 6.29. The first-order valence-corrected chi connectivity index (χ1v) is 7.17. The van der Waals surface area contributed by atoms with Crippen LogP contribution >= 0.6 is 11.3 Å². The summed E-state index contributed by atoms with van der Waals surface area (Å²) in [5, 5.41) is 1.89. The van der Waals surface area contributed by atoms with E-state index in [-0.39, 0.29) is 11.9 Å². The van der Waals surface area contributed by atoms with Crippen LogP contribution in [0.15, 0.2) is 11.4 Å². The third-order valence-electron chi connectivity index (χ3n) is 3.55. The van der Waals surface area contributed by atoms with E-state index in [1.807, 2.05) is 16.3 Å². The summed E-state index contributed by atoms with van der Waals surface area (Å²) >= 11 is 1.43. The minimum Gasteiger partial charge on any atom is -0.495 e. The van der Waals surface area contributed by atoms with Crippen molar-refractivity contribution < 1.29 is 9.53 Å². The third kappa shape index (κ3) is 2.52. The van der Waals surface area contributed by atoms with Gasteiger partial charge in [-0.3, -0.25) is 4.79 Å². The number of methoxy groups -OCH3 is 1. The Morgan fingerprint density at radius 1 is 1.67 bits per heavy atom. The lowest BCUT2D eigenvalue weighted by atomic mass is 9.92. The molecule has 0 spiro atoms. The number of likely N-dealkylation sites (tertiary alicyclic amines) is 1. The van der Waals surface area contributed by atoms with Gasteiger partial charge in [0, 0.05) is 19.1 Å². The van der Waals surface area contributed by atoms with E-state index in [2.05, 4.69) is 6.92 Å². The Labute approximate surface area is 112 Å². The number of thiophene rings is 1. The average molecular weight is 268 g/mol. The Hall–Kier alpha value is -1.07. The maximum absolute atomic E-state index is 12.5. The molecule has 0 bridgehead atoms. The average Bonchev–Trinajstić information content (AvgIpc) is 2.86. The largest absolute Gasteiger partial charge is 0.495 e. The van der Waals surface area contributed by atoms with Crippen LogP contribution in [0.3, 0.4) is 0 Å². The van der Waals surface area contributed by atoms with Gasteiger partial charge in [0.25, 0.3) is 5.91 Å². The number of rotatable bonds is 3. The maximum atomic E-state index is 12.5. The second-order valence-electron chi connectivity index (χ2n) is 4.84. The predicted octanol–water partition coefficient (Wildman–Crippen LogP) is 1.96. The van der Waals surface area contributed by atoms with E-state index in [4.69, 9.17) is 10.5 Å². The number of nitrogens with two attached hydrogens (primary N) is 1. The van der Waals surface area contributed by atoms with E-state index < -0.39 is 0 Å². The van der Waals surface area contributed by atoms with Gasteiger partial charge in [0.2, 0.25) is 0 Å². The minimum atomic E-state index is 0.0594. The molecular formula is C13H20N2O2S. The van der Waals surface area contributed by atoms with Gasteiger partial charge in [-0.05, 0) is 30.2 Å². The van der Waals surface area contributed by atoms with Crippen molar-refractivity contribution in [3.63, 3.8) is 0 Å². The minimum absolute atomic E-state index is 0.0594. The van der Waals surface area contributed by atoms with Crippen LogP contribution in [0, 0.1) is 5.92 Å². The fraction of sp³-hybridized carbons (Fsp3) is 0.615. The number of hydrogen-bond acceptors (Lipinski definition) is 4. The molecule has 0 aromatic carbocycles. The maximum Gasteiger partial charge on any atom is 0.268 e. The summed E-state index contributed by atoms with van der Waals surface area (Å²) in [5.74, 6) is 1.37. The van der Waals surface area contributed by atoms with Crippen molar-refractivity contribution >= 4 is 17.2 Å². The second-order valence-corrected chi connectivity index (χ2v) is 5.75. The molecule has 1 aliphatic heterocycles. The summed E-state index contributed by atoms with van der Waals surface area (Å²) < 4.78 is 5.22. The summed E-state index contributed by atoms with van der Waals surface area (Å²) in [5.41, 5.74) is 5.80. The molecule has 1 aromatic heterocycles. The zero-order valence-electron chi connectivity index (χ0n) is 10.9. The smallest absolute Gasteiger partial charge is 0.268 e. The van der Waals surface area contributed by atoms with Crippen molar-refractivity contribution in [1.29, 1.82) is 0 Å². The van der Waals surface area contributed by atoms with Crippen molar-refractivity contribution in [2.75, 3.05) is 20.2 Å². The van der Waals surface area contributed by atoms with Crippen LogP contribution in [0.4, 0.5) is 0 Å². The van der Waals surface area contributed by atoms with Gasteiger partial charge in [0.1, 0.15) is 10.6 Å². The molecule has 2 rings (SSSR count). The second kappa shape index (κ2) is 5.71. The molecule has 1 aromatic rings.